The van der Waals surface area contributed by atoms with Crippen molar-refractivity contribution in [2.75, 3.05) is 0 Å². The van der Waals surface area contributed by atoms with Crippen LogP contribution in [0.5, 0.6) is 5.75 Å². The van der Waals surface area contributed by atoms with E-state index < -0.39 is 17.6 Å². The van der Waals surface area contributed by atoms with Gasteiger partial charge in [-0.25, -0.2) is 0 Å². The van der Waals surface area contributed by atoms with Crippen molar-refractivity contribution in [1.29, 1.82) is 0 Å². The maximum Gasteiger partial charge on any atom is 0.305 e. The number of carboxylic acid groups (broad SMARTS) is 1. The Bertz CT molecular complexity index is 502. The molecular weight excluding hydrogens is 282 g/mol. The van der Waals surface area contributed by atoms with E-state index in [0.29, 0.717) is 10.8 Å². The lowest BCUT2D eigenvalue weighted by Crippen LogP contribution is -2.49. The lowest BCUT2D eigenvalue weighted by atomic mass is 10.0. The minimum absolute atomic E-state index is 0.164. The summed E-state index contributed by atoms with van der Waals surface area (Å²) in [5.74, 6) is -0.869. The van der Waals surface area contributed by atoms with Gasteiger partial charge in [-0.1, -0.05) is 17.7 Å². The Morgan fingerprint density at radius 1 is 1.45 bits per heavy atom. The molecule has 20 heavy (non-hydrogen) atoms. The highest BCUT2D eigenvalue weighted by Gasteiger charge is 2.26. The number of benzene rings is 1. The fourth-order valence-electron chi connectivity index (χ4n) is 1.66. The Hall–Kier alpha value is -1.75. The summed E-state index contributed by atoms with van der Waals surface area (Å²) in [6.07, 6.45) is -0.913. The highest BCUT2D eigenvalue weighted by Crippen LogP contribution is 2.18. The summed E-state index contributed by atoms with van der Waals surface area (Å²) in [6, 6.07) is 6.72. The molecule has 0 heterocycles. The van der Waals surface area contributed by atoms with Crippen LogP contribution in [0, 0.1) is 0 Å². The third-order valence-electron chi connectivity index (χ3n) is 2.53. The first-order chi connectivity index (χ1) is 9.19. The molecule has 1 aromatic carbocycles. The van der Waals surface area contributed by atoms with Crippen molar-refractivity contribution < 1.29 is 19.4 Å². The monoisotopic (exact) mass is 299 g/mol. The summed E-state index contributed by atoms with van der Waals surface area (Å²) in [5, 5.41) is 11.9. The van der Waals surface area contributed by atoms with Gasteiger partial charge in [0.1, 0.15) is 5.75 Å². The van der Waals surface area contributed by atoms with E-state index in [1.165, 1.54) is 0 Å². The van der Waals surface area contributed by atoms with Gasteiger partial charge in [0.05, 0.1) is 6.42 Å². The fourth-order valence-corrected chi connectivity index (χ4v) is 1.84. The number of halogens is 1. The highest BCUT2D eigenvalue weighted by molar-refractivity contribution is 6.30. The molecule has 110 valence electrons. The summed E-state index contributed by atoms with van der Waals surface area (Å²) in [7, 11) is 0. The molecule has 1 rings (SSSR count). The van der Waals surface area contributed by atoms with Crippen LogP contribution in [0.25, 0.3) is 0 Å². The van der Waals surface area contributed by atoms with Crippen LogP contribution < -0.4 is 10.1 Å². The smallest absolute Gasteiger partial charge is 0.305 e. The van der Waals surface area contributed by atoms with Crippen LogP contribution in [0.1, 0.15) is 27.2 Å². The van der Waals surface area contributed by atoms with Crippen molar-refractivity contribution in [2.45, 2.75) is 38.8 Å². The zero-order chi connectivity index (χ0) is 15.3. The predicted molar refractivity (Wildman–Crippen MR) is 76.0 cm³/mol. The minimum atomic E-state index is -0.973. The third-order valence-corrected chi connectivity index (χ3v) is 2.77. The molecule has 0 bridgehead atoms. The van der Waals surface area contributed by atoms with E-state index in [1.807, 2.05) is 0 Å². The van der Waals surface area contributed by atoms with Gasteiger partial charge in [0, 0.05) is 10.6 Å². The van der Waals surface area contributed by atoms with Crippen molar-refractivity contribution >= 4 is 23.5 Å². The van der Waals surface area contributed by atoms with Crippen molar-refractivity contribution in [1.82, 2.24) is 5.32 Å². The number of amides is 1. The average Bonchev–Trinajstić information content (AvgIpc) is 2.26. The number of carbonyl (C=O) groups is 2. The summed E-state index contributed by atoms with van der Waals surface area (Å²) in [4.78, 5) is 22.7. The Balaban J connectivity index is 2.61. The van der Waals surface area contributed by atoms with Gasteiger partial charge >= 0.3 is 5.97 Å². The molecule has 0 spiro atoms. The van der Waals surface area contributed by atoms with Crippen LogP contribution in [0.3, 0.4) is 0 Å². The summed E-state index contributed by atoms with van der Waals surface area (Å²) in [5.41, 5.74) is -0.838. The predicted octanol–water partition coefficient (Wildman–Crippen LogP) is 2.48. The van der Waals surface area contributed by atoms with Gasteiger partial charge in [0.2, 0.25) is 0 Å². The van der Waals surface area contributed by atoms with Crippen LogP contribution in [-0.4, -0.2) is 28.6 Å². The maximum absolute atomic E-state index is 12.0. The molecule has 6 heteroatoms. The lowest BCUT2D eigenvalue weighted by molar-refractivity contribution is -0.139. The number of carboxylic acids is 1. The fraction of sp³-hybridized carbons (Fsp3) is 0.429. The van der Waals surface area contributed by atoms with Gasteiger partial charge in [-0.15, -0.1) is 0 Å². The molecule has 0 saturated carbocycles. The van der Waals surface area contributed by atoms with E-state index in [4.69, 9.17) is 21.4 Å². The molecule has 0 saturated heterocycles. The SMILES string of the molecule is CC(Oc1cccc(Cl)c1)C(=O)NC(C)(C)CC(=O)O. The molecule has 0 aliphatic rings. The van der Waals surface area contributed by atoms with E-state index in [1.54, 1.807) is 45.0 Å². The minimum Gasteiger partial charge on any atom is -0.481 e. The standard InChI is InChI=1S/C14H18ClNO4/c1-9(20-11-6-4-5-10(15)7-11)13(19)16-14(2,3)8-12(17)18/h4-7,9H,8H2,1-3H3,(H,16,19)(H,17,18). The molecule has 0 aliphatic carbocycles. The van der Waals surface area contributed by atoms with Crippen molar-refractivity contribution in [2.24, 2.45) is 0 Å². The molecule has 0 fully saturated rings. The Morgan fingerprint density at radius 2 is 2.10 bits per heavy atom. The molecule has 5 nitrogen and oxygen atoms in total. The molecule has 1 atom stereocenters. The number of ether oxygens (including phenoxy) is 1. The molecule has 1 aromatic rings. The van der Waals surface area contributed by atoms with E-state index in [0.717, 1.165) is 0 Å². The number of hydrogen-bond acceptors (Lipinski definition) is 3. The zero-order valence-corrected chi connectivity index (χ0v) is 12.4. The Morgan fingerprint density at radius 3 is 2.65 bits per heavy atom. The summed E-state index contributed by atoms with van der Waals surface area (Å²) >= 11 is 5.83. The summed E-state index contributed by atoms with van der Waals surface area (Å²) < 4.78 is 5.46. The van der Waals surface area contributed by atoms with E-state index in [2.05, 4.69) is 5.32 Å². The van der Waals surface area contributed by atoms with Crippen molar-refractivity contribution in [3.63, 3.8) is 0 Å². The van der Waals surface area contributed by atoms with Gasteiger partial charge in [0.15, 0.2) is 6.10 Å². The summed E-state index contributed by atoms with van der Waals surface area (Å²) in [6.45, 7) is 4.88. The number of nitrogens with one attached hydrogen (secondary N) is 1. The van der Waals surface area contributed by atoms with Crippen LogP contribution in [0.15, 0.2) is 24.3 Å². The first-order valence-electron chi connectivity index (χ1n) is 6.16. The number of hydrogen-bond donors (Lipinski definition) is 2. The molecule has 0 aliphatic heterocycles. The van der Waals surface area contributed by atoms with Crippen molar-refractivity contribution in [3.05, 3.63) is 29.3 Å². The molecule has 1 amide bonds. The molecule has 2 N–H and O–H groups in total. The van der Waals surface area contributed by atoms with Gasteiger partial charge in [-0.3, -0.25) is 9.59 Å². The quantitative estimate of drug-likeness (QED) is 0.846. The van der Waals surface area contributed by atoms with Gasteiger partial charge in [0.25, 0.3) is 5.91 Å². The normalized spacial score (nSPS) is 12.6. The second kappa shape index (κ2) is 6.61. The zero-order valence-electron chi connectivity index (χ0n) is 11.6. The number of rotatable bonds is 6. The van der Waals surface area contributed by atoms with Crippen LogP contribution in [-0.2, 0) is 9.59 Å². The molecule has 0 radical (unpaired) electrons. The van der Waals surface area contributed by atoms with E-state index in [9.17, 15) is 9.59 Å². The largest absolute Gasteiger partial charge is 0.481 e. The van der Waals surface area contributed by atoms with Crippen LogP contribution in [0.4, 0.5) is 0 Å². The highest BCUT2D eigenvalue weighted by atomic mass is 35.5. The van der Waals surface area contributed by atoms with Crippen LogP contribution >= 0.6 is 11.6 Å². The maximum atomic E-state index is 12.0. The van der Waals surface area contributed by atoms with Crippen LogP contribution in [0.2, 0.25) is 5.02 Å². The molecule has 1 unspecified atom stereocenters. The second-order valence-corrected chi connectivity index (χ2v) is 5.60. The van der Waals surface area contributed by atoms with Gasteiger partial charge < -0.3 is 15.2 Å². The lowest BCUT2D eigenvalue weighted by Gasteiger charge is -2.26. The number of aliphatic carboxylic acids is 1. The van der Waals surface area contributed by atoms with Gasteiger partial charge in [-0.2, -0.15) is 0 Å². The number of carbonyl (C=O) groups excluding carboxylic acids is 1. The van der Waals surface area contributed by atoms with E-state index in [-0.39, 0.29) is 12.3 Å². The third kappa shape index (κ3) is 5.48. The van der Waals surface area contributed by atoms with Gasteiger partial charge in [-0.05, 0) is 39.0 Å². The molecule has 0 aromatic heterocycles. The average molecular weight is 300 g/mol. The molecular formula is C14H18ClNO4. The second-order valence-electron chi connectivity index (χ2n) is 5.16. The Kier molecular flexibility index (Phi) is 5.39. The first kappa shape index (κ1) is 16.3. The topological polar surface area (TPSA) is 75.6 Å². The van der Waals surface area contributed by atoms with Crippen molar-refractivity contribution in [3.8, 4) is 5.75 Å². The first-order valence-corrected chi connectivity index (χ1v) is 6.53. The Labute approximate surface area is 122 Å². The van der Waals surface area contributed by atoms with E-state index >= 15 is 0 Å².